The molecule has 36 heavy (non-hydrogen) atoms. The molecule has 7 nitrogen and oxygen atoms in total. The van der Waals surface area contributed by atoms with Crippen molar-refractivity contribution in [3.05, 3.63) is 59.9 Å². The minimum atomic E-state index is -0.0507. The third-order valence-corrected chi connectivity index (χ3v) is 8.35. The van der Waals surface area contributed by atoms with E-state index in [4.69, 9.17) is 4.74 Å². The summed E-state index contributed by atoms with van der Waals surface area (Å²) in [6.07, 6.45) is 12.6. The van der Waals surface area contributed by atoms with E-state index >= 15 is 0 Å². The van der Waals surface area contributed by atoms with E-state index in [1.807, 2.05) is 24.3 Å². The van der Waals surface area contributed by atoms with Crippen LogP contribution in [0.5, 0.6) is 0 Å². The van der Waals surface area contributed by atoms with Gasteiger partial charge in [-0.15, -0.1) is 0 Å². The number of nitrogens with zero attached hydrogens (tertiary/aromatic N) is 3. The first-order chi connectivity index (χ1) is 17.7. The first-order valence-corrected chi connectivity index (χ1v) is 13.8. The molecular formula is C29H41N5O2. The molecule has 0 unspecified atom stereocenters. The molecule has 0 spiro atoms. The van der Waals surface area contributed by atoms with Gasteiger partial charge in [0.15, 0.2) is 0 Å². The van der Waals surface area contributed by atoms with Crippen LogP contribution in [0.2, 0.25) is 0 Å². The maximum atomic E-state index is 12.5. The van der Waals surface area contributed by atoms with Gasteiger partial charge in [-0.1, -0.05) is 25.3 Å². The summed E-state index contributed by atoms with van der Waals surface area (Å²) in [6, 6.07) is 12.5. The third kappa shape index (κ3) is 6.25. The van der Waals surface area contributed by atoms with E-state index in [1.54, 1.807) is 12.4 Å². The molecule has 2 saturated heterocycles. The number of pyridine rings is 1. The Labute approximate surface area is 215 Å². The summed E-state index contributed by atoms with van der Waals surface area (Å²) in [5.74, 6) is -0.0507. The summed E-state index contributed by atoms with van der Waals surface area (Å²) in [6.45, 7) is 7.62. The summed E-state index contributed by atoms with van der Waals surface area (Å²) in [4.78, 5) is 21.8. The lowest BCUT2D eigenvalue weighted by Gasteiger charge is -2.49. The fourth-order valence-corrected chi connectivity index (χ4v) is 6.14. The zero-order valence-corrected chi connectivity index (χ0v) is 21.5. The minimum absolute atomic E-state index is 0.0507. The average molecular weight is 492 g/mol. The van der Waals surface area contributed by atoms with Gasteiger partial charge in [-0.25, -0.2) is 0 Å². The molecule has 1 aromatic heterocycles. The number of hydrogen-bond donors (Lipinski definition) is 2. The standard InChI is InChI=1S/C29H41N5O2/c35-28(31-22-24-5-4-14-30-21-24)25-6-8-27(9-7-25)33-15-10-26(11-16-33)32-23-29(12-2-1-3-13-29)34-17-19-36-20-18-34/h4-9,14,21,26,32H,1-3,10-13,15-20,22-23H2,(H,31,35). The highest BCUT2D eigenvalue weighted by Gasteiger charge is 2.39. The van der Waals surface area contributed by atoms with Crippen molar-refractivity contribution >= 4 is 11.6 Å². The van der Waals surface area contributed by atoms with Gasteiger partial charge >= 0.3 is 0 Å². The van der Waals surface area contributed by atoms with Gasteiger partial charge in [0.25, 0.3) is 5.91 Å². The number of carbonyl (C=O) groups excluding carboxylic acids is 1. The zero-order chi connectivity index (χ0) is 24.6. The molecule has 1 saturated carbocycles. The largest absolute Gasteiger partial charge is 0.379 e. The minimum Gasteiger partial charge on any atom is -0.379 e. The number of morpholine rings is 1. The van der Waals surface area contributed by atoms with Crippen LogP contribution in [0.4, 0.5) is 5.69 Å². The van der Waals surface area contributed by atoms with E-state index in [2.05, 4.69) is 37.6 Å². The summed E-state index contributed by atoms with van der Waals surface area (Å²) in [5.41, 5.74) is 3.22. The Morgan fingerprint density at radius 3 is 2.44 bits per heavy atom. The van der Waals surface area contributed by atoms with Gasteiger partial charge in [0.05, 0.1) is 13.2 Å². The topological polar surface area (TPSA) is 69.7 Å². The fraction of sp³-hybridized carbons (Fsp3) is 0.586. The summed E-state index contributed by atoms with van der Waals surface area (Å²) in [7, 11) is 0. The smallest absolute Gasteiger partial charge is 0.251 e. The SMILES string of the molecule is O=C(NCc1cccnc1)c1ccc(N2CCC(NCC3(N4CCOCC4)CCCCC3)CC2)cc1. The number of aromatic nitrogens is 1. The maximum absolute atomic E-state index is 12.5. The molecule has 2 aliphatic heterocycles. The predicted octanol–water partition coefficient (Wildman–Crippen LogP) is 3.61. The van der Waals surface area contributed by atoms with Gasteiger partial charge in [0.1, 0.15) is 0 Å². The molecule has 1 amide bonds. The number of rotatable bonds is 8. The van der Waals surface area contributed by atoms with Gasteiger partial charge in [0, 0.05) is 74.5 Å². The van der Waals surface area contributed by atoms with E-state index in [9.17, 15) is 4.79 Å². The van der Waals surface area contributed by atoms with Crippen molar-refractivity contribution in [3.63, 3.8) is 0 Å². The second-order valence-electron chi connectivity index (χ2n) is 10.6. The van der Waals surface area contributed by atoms with Crippen LogP contribution in [0.25, 0.3) is 0 Å². The maximum Gasteiger partial charge on any atom is 0.251 e. The Morgan fingerprint density at radius 2 is 1.75 bits per heavy atom. The van der Waals surface area contributed by atoms with Crippen LogP contribution in [0.1, 0.15) is 60.9 Å². The monoisotopic (exact) mass is 491 g/mol. The molecule has 2 aromatic rings. The molecular weight excluding hydrogens is 450 g/mol. The van der Waals surface area contributed by atoms with E-state index in [-0.39, 0.29) is 5.91 Å². The Kier molecular flexibility index (Phi) is 8.51. The van der Waals surface area contributed by atoms with Crippen LogP contribution < -0.4 is 15.5 Å². The molecule has 1 aliphatic carbocycles. The van der Waals surface area contributed by atoms with E-state index in [1.165, 1.54) is 37.8 Å². The molecule has 3 fully saturated rings. The third-order valence-electron chi connectivity index (χ3n) is 8.35. The quantitative estimate of drug-likeness (QED) is 0.588. The van der Waals surface area contributed by atoms with E-state index in [0.29, 0.717) is 23.7 Å². The molecule has 2 N–H and O–H groups in total. The number of anilines is 1. The summed E-state index contributed by atoms with van der Waals surface area (Å²) >= 11 is 0. The first-order valence-electron chi connectivity index (χ1n) is 13.8. The van der Waals surface area contributed by atoms with Crippen molar-refractivity contribution in [2.75, 3.05) is 50.8 Å². The lowest BCUT2D eigenvalue weighted by atomic mass is 9.79. The second-order valence-corrected chi connectivity index (χ2v) is 10.6. The van der Waals surface area contributed by atoms with Crippen molar-refractivity contribution < 1.29 is 9.53 Å². The van der Waals surface area contributed by atoms with Crippen molar-refractivity contribution in [2.24, 2.45) is 0 Å². The summed E-state index contributed by atoms with van der Waals surface area (Å²) in [5, 5.41) is 6.96. The van der Waals surface area contributed by atoms with Gasteiger partial charge in [-0.3, -0.25) is 14.7 Å². The molecule has 7 heteroatoms. The van der Waals surface area contributed by atoms with Crippen molar-refractivity contribution in [1.29, 1.82) is 0 Å². The zero-order valence-electron chi connectivity index (χ0n) is 21.5. The highest BCUT2D eigenvalue weighted by molar-refractivity contribution is 5.94. The fourth-order valence-electron chi connectivity index (χ4n) is 6.14. The molecule has 5 rings (SSSR count). The van der Waals surface area contributed by atoms with Gasteiger partial charge in [-0.05, 0) is 61.6 Å². The van der Waals surface area contributed by atoms with E-state index in [0.717, 1.165) is 64.3 Å². The van der Waals surface area contributed by atoms with E-state index < -0.39 is 0 Å². The van der Waals surface area contributed by atoms with Crippen molar-refractivity contribution in [3.8, 4) is 0 Å². The van der Waals surface area contributed by atoms with Crippen LogP contribution in [0, 0.1) is 0 Å². The predicted molar refractivity (Wildman–Crippen MR) is 143 cm³/mol. The highest BCUT2D eigenvalue weighted by Crippen LogP contribution is 2.34. The Hall–Kier alpha value is -2.48. The lowest BCUT2D eigenvalue weighted by Crippen LogP contribution is -2.60. The van der Waals surface area contributed by atoms with Crippen LogP contribution in [0.15, 0.2) is 48.8 Å². The first kappa shape index (κ1) is 25.2. The number of benzene rings is 1. The second kappa shape index (κ2) is 12.2. The number of piperidine rings is 1. The lowest BCUT2D eigenvalue weighted by molar-refractivity contribution is -0.0379. The summed E-state index contributed by atoms with van der Waals surface area (Å²) < 4.78 is 5.64. The highest BCUT2D eigenvalue weighted by atomic mass is 16.5. The van der Waals surface area contributed by atoms with Crippen LogP contribution in [-0.4, -0.2) is 73.3 Å². The van der Waals surface area contributed by atoms with Crippen LogP contribution >= 0.6 is 0 Å². The normalized spacial score (nSPS) is 21.3. The van der Waals surface area contributed by atoms with Crippen LogP contribution in [0.3, 0.4) is 0 Å². The number of ether oxygens (including phenoxy) is 1. The van der Waals surface area contributed by atoms with Crippen LogP contribution in [-0.2, 0) is 11.3 Å². The van der Waals surface area contributed by atoms with Gasteiger partial charge in [0.2, 0.25) is 0 Å². The molecule has 3 heterocycles. The Balaban J connectivity index is 1.09. The van der Waals surface area contributed by atoms with Crippen molar-refractivity contribution in [2.45, 2.75) is 63.1 Å². The van der Waals surface area contributed by atoms with Crippen molar-refractivity contribution in [1.82, 2.24) is 20.5 Å². The molecule has 194 valence electrons. The molecule has 0 atom stereocenters. The molecule has 1 aromatic carbocycles. The van der Waals surface area contributed by atoms with Gasteiger partial charge < -0.3 is 20.3 Å². The number of carbonyl (C=O) groups is 1. The molecule has 0 radical (unpaired) electrons. The average Bonchev–Trinajstić information content (AvgIpc) is 2.97. The number of amides is 1. The molecule has 3 aliphatic rings. The van der Waals surface area contributed by atoms with Gasteiger partial charge in [-0.2, -0.15) is 0 Å². The number of nitrogens with one attached hydrogen (secondary N) is 2. The molecule has 0 bridgehead atoms. The Morgan fingerprint density at radius 1 is 1.00 bits per heavy atom. The Bertz CT molecular complexity index is 947. The number of hydrogen-bond acceptors (Lipinski definition) is 6.